The smallest absolute Gasteiger partial charge is 0.331 e. The van der Waals surface area contributed by atoms with E-state index in [4.69, 9.17) is 26.0 Å². The lowest BCUT2D eigenvalue weighted by molar-refractivity contribution is -0.160. The molecule has 0 rings (SSSR count). The summed E-state index contributed by atoms with van der Waals surface area (Å²) in [5.74, 6) is -2.59. The van der Waals surface area contributed by atoms with Crippen LogP contribution in [0.2, 0.25) is 0 Å². The fraction of sp³-hybridized carbons (Fsp3) is 0.830. The first kappa shape index (κ1) is 70.7. The van der Waals surface area contributed by atoms with Crippen molar-refractivity contribution in [3.63, 3.8) is 0 Å². The van der Waals surface area contributed by atoms with Crippen LogP contribution in [0.3, 0.4) is 0 Å². The maximum Gasteiger partial charge on any atom is 0.331 e. The molecule has 0 saturated heterocycles. The van der Waals surface area contributed by atoms with Crippen LogP contribution in [0.4, 0.5) is 0 Å². The lowest BCUT2D eigenvalue weighted by Crippen LogP contribution is -2.50. The highest BCUT2D eigenvalue weighted by atomic mass is 16.6. The third kappa shape index (κ3) is 55.8. The first-order valence-corrected chi connectivity index (χ1v) is 23.7. The van der Waals surface area contributed by atoms with E-state index in [9.17, 15) is 38.4 Å². The zero-order valence-corrected chi connectivity index (χ0v) is 43.2. The molecule has 0 aromatic heterocycles. The molecule has 0 aromatic carbocycles. The number of carbonyl (C=O) groups is 8. The van der Waals surface area contributed by atoms with Crippen LogP contribution < -0.4 is 38.1 Å². The van der Waals surface area contributed by atoms with E-state index in [1.807, 2.05) is 55.4 Å². The number of hydrogen-bond acceptors (Lipinski definition) is 14. The maximum atomic E-state index is 11.7. The molecule has 0 aliphatic carbocycles. The van der Waals surface area contributed by atoms with Gasteiger partial charge >= 0.3 is 11.9 Å². The summed E-state index contributed by atoms with van der Waals surface area (Å²) >= 11 is 0. The Hall–Kier alpha value is -4.36. The van der Waals surface area contributed by atoms with E-state index in [1.165, 1.54) is 64.7 Å². The van der Waals surface area contributed by atoms with Crippen LogP contribution in [0.25, 0.3) is 0 Å². The summed E-state index contributed by atoms with van der Waals surface area (Å²) in [7, 11) is 0. The minimum Gasteiger partial charge on any atom is -0.464 e. The lowest BCUT2D eigenvalue weighted by Gasteiger charge is -2.26. The Balaban J connectivity index is -0.000000259. The standard InChI is InChI=1S/C14H28O2.C13H25N5O4.C12H21NO6.C4H11N.C4H10/c1-5-6-7-8-9-10-11-12-13(15)16-14(2,3)4;1-4-8(2)17-11(20)7-16-13(22)9(3)18-12(21)6-15-10(19)5-14;1-12(2,3)4-9(6-18-8-16)19-11(17)10(5-14)13-7-15;1-2-3-4-5;1-3-4-2/h5-12H2,1-4H3;8-9H,4-7,14H2,1-3H3,(H,15,19)(H,16,22)(H,17,20)(H,18,21);7-10,14H,4-6H2,1-3H3,(H,13,15);2-5H2,1H3;3-4H2,1-2H3. The van der Waals surface area contributed by atoms with Gasteiger partial charge in [-0.05, 0) is 72.3 Å². The predicted molar refractivity (Wildman–Crippen MR) is 260 cm³/mol. The van der Waals surface area contributed by atoms with Crippen LogP contribution in [0.1, 0.15) is 180 Å². The molecule has 0 fully saturated rings. The second kappa shape index (κ2) is 47.1. The third-order valence-electron chi connectivity index (χ3n) is 8.52. The largest absolute Gasteiger partial charge is 0.464 e. The van der Waals surface area contributed by atoms with Gasteiger partial charge in [0.2, 0.25) is 30.0 Å². The summed E-state index contributed by atoms with van der Waals surface area (Å²) in [4.78, 5) is 89.1. The molecule has 0 spiro atoms. The van der Waals surface area contributed by atoms with Gasteiger partial charge in [-0.3, -0.25) is 33.6 Å². The van der Waals surface area contributed by atoms with Gasteiger partial charge in [-0.2, -0.15) is 0 Å². The summed E-state index contributed by atoms with van der Waals surface area (Å²) in [6.45, 7) is 25.4. The van der Waals surface area contributed by atoms with Gasteiger partial charge in [0, 0.05) is 12.5 Å². The van der Waals surface area contributed by atoms with Gasteiger partial charge in [0.1, 0.15) is 30.4 Å². The molecule has 4 atom stereocenters. The molecule has 5 amide bonds. The van der Waals surface area contributed by atoms with Gasteiger partial charge in [0.05, 0.1) is 26.2 Å². The number of rotatable bonds is 29. The number of hydrogen-bond donors (Lipinski definition) is 8. The zero-order valence-electron chi connectivity index (χ0n) is 43.2. The summed E-state index contributed by atoms with van der Waals surface area (Å²) in [6.07, 6.45) is 15.2. The normalized spacial score (nSPS) is 12.2. The monoisotopic (exact) mass is 950 g/mol. The maximum absolute atomic E-state index is 11.7. The Bertz CT molecular complexity index is 1260. The van der Waals surface area contributed by atoms with Gasteiger partial charge in [-0.1, -0.05) is 113 Å². The van der Waals surface area contributed by atoms with E-state index in [0.29, 0.717) is 19.3 Å². The number of aliphatic hydroxyl groups excluding tert-OH is 1. The second-order valence-electron chi connectivity index (χ2n) is 17.7. The van der Waals surface area contributed by atoms with E-state index < -0.39 is 48.5 Å². The molecule has 0 heterocycles. The molecular formula is C47H95N7O12. The van der Waals surface area contributed by atoms with Crippen LogP contribution in [-0.2, 0) is 52.6 Å². The zero-order chi connectivity index (χ0) is 52.0. The summed E-state index contributed by atoms with van der Waals surface area (Å²) < 4.78 is 15.0. The number of amides is 5. The van der Waals surface area contributed by atoms with Crippen molar-refractivity contribution in [2.45, 2.75) is 210 Å². The molecule has 0 radical (unpaired) electrons. The van der Waals surface area contributed by atoms with E-state index in [0.717, 1.165) is 25.8 Å². The third-order valence-corrected chi connectivity index (χ3v) is 8.52. The van der Waals surface area contributed by atoms with E-state index in [2.05, 4.69) is 59.0 Å². The fourth-order valence-corrected chi connectivity index (χ4v) is 4.67. The molecule has 19 nitrogen and oxygen atoms in total. The highest BCUT2D eigenvalue weighted by molar-refractivity contribution is 5.91. The van der Waals surface area contributed by atoms with E-state index in [-0.39, 0.29) is 61.6 Å². The number of aliphatic hydroxyl groups is 1. The van der Waals surface area contributed by atoms with Gasteiger partial charge in [-0.25, -0.2) is 4.79 Å². The fourth-order valence-electron chi connectivity index (χ4n) is 4.67. The Morgan fingerprint density at radius 3 is 1.65 bits per heavy atom. The molecule has 10 N–H and O–H groups in total. The molecule has 0 aromatic rings. The molecule has 390 valence electrons. The SMILES string of the molecule is CC(C)(C)CC(COC=O)OC(=O)C(CO)NC=O.CCC(C)NC(=O)CNC(=O)C(C)NC(=O)CNC(=O)CN.CCCC.CCCCCCCCCC(=O)OC(C)(C)C.CCCCN. The average molecular weight is 950 g/mol. The minimum atomic E-state index is -1.11. The molecule has 0 bridgehead atoms. The van der Waals surface area contributed by atoms with Crippen molar-refractivity contribution in [2.75, 3.05) is 39.4 Å². The van der Waals surface area contributed by atoms with Crippen LogP contribution in [0.15, 0.2) is 0 Å². The van der Waals surface area contributed by atoms with Crippen LogP contribution >= 0.6 is 0 Å². The first-order valence-electron chi connectivity index (χ1n) is 23.7. The topological polar surface area (TPSA) is 297 Å². The lowest BCUT2D eigenvalue weighted by atomic mass is 9.89. The van der Waals surface area contributed by atoms with Gasteiger partial charge in [0.15, 0.2) is 0 Å². The predicted octanol–water partition coefficient (Wildman–Crippen LogP) is 4.23. The summed E-state index contributed by atoms with van der Waals surface area (Å²) in [5.41, 5.74) is 9.74. The van der Waals surface area contributed by atoms with Crippen molar-refractivity contribution in [3.05, 3.63) is 0 Å². The number of nitrogens with one attached hydrogen (secondary N) is 5. The van der Waals surface area contributed by atoms with Crippen molar-refractivity contribution < 1.29 is 57.7 Å². The van der Waals surface area contributed by atoms with Gasteiger partial charge < -0.3 is 57.4 Å². The Kier molecular flexibility index (Phi) is 50.5. The number of esters is 2. The number of nitrogens with two attached hydrogens (primary N) is 2. The van der Waals surface area contributed by atoms with Crippen molar-refractivity contribution in [1.82, 2.24) is 26.6 Å². The minimum absolute atomic E-state index is 0.0349. The number of carbonyl (C=O) groups excluding carboxylic acids is 8. The van der Waals surface area contributed by atoms with Crippen LogP contribution in [0, 0.1) is 5.41 Å². The quantitative estimate of drug-likeness (QED) is 0.0225. The molecule has 66 heavy (non-hydrogen) atoms. The molecule has 0 aliphatic heterocycles. The molecule has 4 unspecified atom stereocenters. The first-order chi connectivity index (χ1) is 30.9. The van der Waals surface area contributed by atoms with E-state index >= 15 is 0 Å². The highest BCUT2D eigenvalue weighted by Gasteiger charge is 2.27. The van der Waals surface area contributed by atoms with Crippen molar-refractivity contribution in [2.24, 2.45) is 16.9 Å². The highest BCUT2D eigenvalue weighted by Crippen LogP contribution is 2.23. The van der Waals surface area contributed by atoms with Gasteiger partial charge in [0.25, 0.3) is 6.47 Å². The van der Waals surface area contributed by atoms with Gasteiger partial charge in [-0.15, -0.1) is 0 Å². The molecule has 0 aliphatic rings. The molecule has 0 saturated carbocycles. The Morgan fingerprint density at radius 2 is 1.23 bits per heavy atom. The molecule has 19 heteroatoms. The Labute approximate surface area is 397 Å². The van der Waals surface area contributed by atoms with Crippen molar-refractivity contribution >= 4 is 48.4 Å². The number of unbranched alkanes of at least 4 members (excludes halogenated alkanes) is 8. The second-order valence-corrected chi connectivity index (χ2v) is 17.7. The van der Waals surface area contributed by atoms with Crippen molar-refractivity contribution in [3.8, 4) is 0 Å². The van der Waals surface area contributed by atoms with Crippen molar-refractivity contribution in [1.29, 1.82) is 0 Å². The van der Waals surface area contributed by atoms with Crippen LogP contribution in [-0.4, -0.2) is 123 Å². The van der Waals surface area contributed by atoms with E-state index in [1.54, 1.807) is 0 Å². The summed E-state index contributed by atoms with van der Waals surface area (Å²) in [5, 5.41) is 20.9. The molecular weight excluding hydrogens is 855 g/mol. The van der Waals surface area contributed by atoms with Crippen LogP contribution in [0.5, 0.6) is 0 Å². The Morgan fingerprint density at radius 1 is 0.697 bits per heavy atom. The number of ether oxygens (including phenoxy) is 3. The average Bonchev–Trinajstić information content (AvgIpc) is 3.25. The summed E-state index contributed by atoms with van der Waals surface area (Å²) in [6, 6.07) is -1.90.